The Kier molecular flexibility index (Phi) is 3.94. The summed E-state index contributed by atoms with van der Waals surface area (Å²) in [6, 6.07) is 11.8. The first-order valence-corrected chi connectivity index (χ1v) is 6.30. The molecule has 2 aromatic rings. The molecular weight excluding hydrogens is 254 g/mol. The van der Waals surface area contributed by atoms with Crippen molar-refractivity contribution in [3.63, 3.8) is 0 Å². The van der Waals surface area contributed by atoms with Gasteiger partial charge in [-0.05, 0) is 36.8 Å². The summed E-state index contributed by atoms with van der Waals surface area (Å²) in [4.78, 5) is 14.0. The van der Waals surface area contributed by atoms with Gasteiger partial charge in [0.05, 0.1) is 12.1 Å². The second-order valence-corrected chi connectivity index (χ2v) is 4.82. The number of carbonyl (C=O) groups is 1. The Morgan fingerprint density at radius 3 is 2.55 bits per heavy atom. The third-order valence-corrected chi connectivity index (χ3v) is 3.10. The Morgan fingerprint density at radius 1 is 1.15 bits per heavy atom. The molecule has 2 N–H and O–H groups in total. The van der Waals surface area contributed by atoms with E-state index in [0.717, 1.165) is 11.3 Å². The van der Waals surface area contributed by atoms with E-state index in [1.54, 1.807) is 0 Å². The molecule has 0 aromatic heterocycles. The number of benzene rings is 2. The molecule has 0 heterocycles. The number of phenols is 2. The van der Waals surface area contributed by atoms with Crippen molar-refractivity contribution in [2.75, 3.05) is 18.5 Å². The molecule has 0 saturated carbocycles. The maximum atomic E-state index is 12.2. The van der Waals surface area contributed by atoms with Crippen LogP contribution in [-0.4, -0.2) is 29.6 Å². The molecular formula is C16H17NO3. The van der Waals surface area contributed by atoms with Crippen molar-refractivity contribution in [1.82, 2.24) is 0 Å². The number of carbonyl (C=O) groups excluding carboxylic acids is 1. The van der Waals surface area contributed by atoms with Gasteiger partial charge >= 0.3 is 0 Å². The molecule has 0 aliphatic rings. The first-order chi connectivity index (χ1) is 9.47. The number of Topliss-reactive ketones (excluding diaryl/α,β-unsaturated/α-hetero) is 1. The SMILES string of the molecule is Cc1cccc(N(C)CC(=O)c2ccc(O)cc2O)c1. The second-order valence-electron chi connectivity index (χ2n) is 4.82. The van der Waals surface area contributed by atoms with E-state index in [1.165, 1.54) is 18.2 Å². The summed E-state index contributed by atoms with van der Waals surface area (Å²) in [5, 5.41) is 18.9. The standard InChI is InChI=1S/C16H17NO3/c1-11-4-3-5-12(8-11)17(2)10-16(20)14-7-6-13(18)9-15(14)19/h3-9,18-19H,10H2,1-2H3. The fraction of sp³-hybridized carbons (Fsp3) is 0.188. The van der Waals surface area contributed by atoms with Gasteiger partial charge in [0.1, 0.15) is 11.5 Å². The molecule has 2 rings (SSSR count). The highest BCUT2D eigenvalue weighted by Gasteiger charge is 2.14. The van der Waals surface area contributed by atoms with Crippen molar-refractivity contribution >= 4 is 11.5 Å². The van der Waals surface area contributed by atoms with Crippen molar-refractivity contribution in [3.8, 4) is 11.5 Å². The van der Waals surface area contributed by atoms with E-state index >= 15 is 0 Å². The largest absolute Gasteiger partial charge is 0.508 e. The Bertz CT molecular complexity index is 637. The lowest BCUT2D eigenvalue weighted by Gasteiger charge is -2.19. The normalized spacial score (nSPS) is 10.3. The zero-order chi connectivity index (χ0) is 14.7. The van der Waals surface area contributed by atoms with Crippen molar-refractivity contribution in [1.29, 1.82) is 0 Å². The summed E-state index contributed by atoms with van der Waals surface area (Å²) in [5.74, 6) is -0.467. The quantitative estimate of drug-likeness (QED) is 0.839. The summed E-state index contributed by atoms with van der Waals surface area (Å²) in [6.07, 6.45) is 0. The van der Waals surface area contributed by atoms with Crippen molar-refractivity contribution in [2.24, 2.45) is 0 Å². The molecule has 0 saturated heterocycles. The molecule has 0 aliphatic carbocycles. The van der Waals surface area contributed by atoms with Gasteiger partial charge in [0.25, 0.3) is 0 Å². The third-order valence-electron chi connectivity index (χ3n) is 3.10. The van der Waals surface area contributed by atoms with Gasteiger partial charge in [-0.3, -0.25) is 4.79 Å². The van der Waals surface area contributed by atoms with Crippen LogP contribution in [0.15, 0.2) is 42.5 Å². The molecule has 0 spiro atoms. The van der Waals surface area contributed by atoms with E-state index in [-0.39, 0.29) is 29.4 Å². The number of aryl methyl sites for hydroxylation is 1. The summed E-state index contributed by atoms with van der Waals surface area (Å²) in [7, 11) is 1.82. The second kappa shape index (κ2) is 5.65. The predicted octanol–water partition coefficient (Wildman–Crippen LogP) is 2.73. The maximum absolute atomic E-state index is 12.2. The number of hydrogen-bond acceptors (Lipinski definition) is 4. The topological polar surface area (TPSA) is 60.8 Å². The summed E-state index contributed by atoms with van der Waals surface area (Å²) in [5.41, 5.74) is 2.27. The Labute approximate surface area is 117 Å². The summed E-state index contributed by atoms with van der Waals surface area (Å²) < 4.78 is 0. The number of nitrogens with zero attached hydrogens (tertiary/aromatic N) is 1. The van der Waals surface area contributed by atoms with Gasteiger partial charge in [0, 0.05) is 18.8 Å². The predicted molar refractivity (Wildman–Crippen MR) is 78.6 cm³/mol. The zero-order valence-electron chi connectivity index (χ0n) is 11.5. The smallest absolute Gasteiger partial charge is 0.185 e. The van der Waals surface area contributed by atoms with E-state index in [2.05, 4.69) is 0 Å². The molecule has 0 fully saturated rings. The molecule has 0 bridgehead atoms. The van der Waals surface area contributed by atoms with E-state index in [0.29, 0.717) is 0 Å². The molecule has 0 aliphatic heterocycles. The molecule has 4 heteroatoms. The van der Waals surface area contributed by atoms with E-state index in [1.807, 2.05) is 43.1 Å². The lowest BCUT2D eigenvalue weighted by molar-refractivity contribution is 0.0998. The zero-order valence-corrected chi connectivity index (χ0v) is 11.5. The lowest BCUT2D eigenvalue weighted by Crippen LogP contribution is -2.25. The minimum absolute atomic E-state index is 0.0638. The third kappa shape index (κ3) is 3.09. The number of ketones is 1. The lowest BCUT2D eigenvalue weighted by atomic mass is 10.1. The van der Waals surface area contributed by atoms with Gasteiger partial charge in [0.2, 0.25) is 0 Å². The molecule has 2 aromatic carbocycles. The van der Waals surface area contributed by atoms with Crippen LogP contribution in [0, 0.1) is 6.92 Å². The van der Waals surface area contributed by atoms with Crippen LogP contribution in [0.4, 0.5) is 5.69 Å². The highest BCUT2D eigenvalue weighted by Crippen LogP contribution is 2.23. The Morgan fingerprint density at radius 2 is 1.90 bits per heavy atom. The Hall–Kier alpha value is -2.49. The van der Waals surface area contributed by atoms with Gasteiger partial charge < -0.3 is 15.1 Å². The number of phenolic OH excluding ortho intramolecular Hbond substituents is 2. The van der Waals surface area contributed by atoms with Crippen LogP contribution in [0.1, 0.15) is 15.9 Å². The maximum Gasteiger partial charge on any atom is 0.185 e. The van der Waals surface area contributed by atoms with Crippen LogP contribution in [0.3, 0.4) is 0 Å². The van der Waals surface area contributed by atoms with Gasteiger partial charge in [-0.25, -0.2) is 0 Å². The summed E-state index contributed by atoms with van der Waals surface area (Å²) in [6.45, 7) is 2.15. The fourth-order valence-corrected chi connectivity index (χ4v) is 2.01. The highest BCUT2D eigenvalue weighted by atomic mass is 16.3. The number of aromatic hydroxyl groups is 2. The van der Waals surface area contributed by atoms with Crippen LogP contribution in [0.2, 0.25) is 0 Å². The monoisotopic (exact) mass is 271 g/mol. The average molecular weight is 271 g/mol. The number of likely N-dealkylation sites (N-methyl/N-ethyl adjacent to an activating group) is 1. The van der Waals surface area contributed by atoms with Crippen LogP contribution in [0.5, 0.6) is 11.5 Å². The molecule has 20 heavy (non-hydrogen) atoms. The molecule has 0 amide bonds. The molecule has 0 unspecified atom stereocenters. The Balaban J connectivity index is 2.15. The minimum atomic E-state index is -0.202. The van der Waals surface area contributed by atoms with E-state index in [9.17, 15) is 15.0 Å². The van der Waals surface area contributed by atoms with Crippen LogP contribution >= 0.6 is 0 Å². The van der Waals surface area contributed by atoms with Gasteiger partial charge in [-0.2, -0.15) is 0 Å². The van der Waals surface area contributed by atoms with Crippen LogP contribution in [0.25, 0.3) is 0 Å². The first kappa shape index (κ1) is 13.9. The minimum Gasteiger partial charge on any atom is -0.508 e. The van der Waals surface area contributed by atoms with Crippen LogP contribution < -0.4 is 4.90 Å². The molecule has 0 radical (unpaired) electrons. The summed E-state index contributed by atoms with van der Waals surface area (Å²) >= 11 is 0. The highest BCUT2D eigenvalue weighted by molar-refractivity contribution is 6.01. The van der Waals surface area contributed by atoms with Crippen molar-refractivity contribution in [3.05, 3.63) is 53.6 Å². The van der Waals surface area contributed by atoms with Crippen LogP contribution in [-0.2, 0) is 0 Å². The van der Waals surface area contributed by atoms with Crippen molar-refractivity contribution < 1.29 is 15.0 Å². The average Bonchev–Trinajstić information content (AvgIpc) is 2.38. The van der Waals surface area contributed by atoms with E-state index < -0.39 is 0 Å². The molecule has 4 nitrogen and oxygen atoms in total. The molecule has 104 valence electrons. The number of rotatable bonds is 4. The van der Waals surface area contributed by atoms with Gasteiger partial charge in [-0.15, -0.1) is 0 Å². The number of hydrogen-bond donors (Lipinski definition) is 2. The van der Waals surface area contributed by atoms with Gasteiger partial charge in [-0.1, -0.05) is 12.1 Å². The van der Waals surface area contributed by atoms with E-state index in [4.69, 9.17) is 0 Å². The fourth-order valence-electron chi connectivity index (χ4n) is 2.01. The first-order valence-electron chi connectivity index (χ1n) is 6.30. The van der Waals surface area contributed by atoms with Gasteiger partial charge in [0.15, 0.2) is 5.78 Å². The number of anilines is 1. The molecule has 0 atom stereocenters. The van der Waals surface area contributed by atoms with Crippen molar-refractivity contribution in [2.45, 2.75) is 6.92 Å².